The van der Waals surface area contributed by atoms with Gasteiger partial charge in [0, 0.05) is 32.8 Å². The molecule has 0 saturated carbocycles. The second-order valence-corrected chi connectivity index (χ2v) is 5.32. The summed E-state index contributed by atoms with van der Waals surface area (Å²) in [5, 5.41) is 2.60. The maximum absolute atomic E-state index is 11.6. The highest BCUT2D eigenvalue weighted by Crippen LogP contribution is 2.25. The van der Waals surface area contributed by atoms with Crippen LogP contribution in [0, 0.1) is 5.92 Å². The van der Waals surface area contributed by atoms with Crippen LogP contribution in [-0.4, -0.2) is 39.8 Å². The molecule has 1 aliphatic heterocycles. The first kappa shape index (κ1) is 14.7. The number of carbonyl (C=O) groups excluding carboxylic acids is 1. The molecule has 0 radical (unpaired) electrons. The Balaban J connectivity index is 2.05. The van der Waals surface area contributed by atoms with E-state index in [0.29, 0.717) is 17.2 Å². The zero-order valence-electron chi connectivity index (χ0n) is 12.2. The smallest absolute Gasteiger partial charge is 0.251 e. The van der Waals surface area contributed by atoms with Gasteiger partial charge in [-0.3, -0.25) is 4.79 Å². The highest BCUT2D eigenvalue weighted by atomic mass is 16.5. The van der Waals surface area contributed by atoms with Crippen LogP contribution in [-0.2, 0) is 4.74 Å². The number of nitrogen functional groups attached to an aromatic ring is 1. The highest BCUT2D eigenvalue weighted by molar-refractivity contribution is 5.96. The number of carbonyl (C=O) groups is 1. The molecule has 5 heteroatoms. The lowest BCUT2D eigenvalue weighted by atomic mass is 10.0. The summed E-state index contributed by atoms with van der Waals surface area (Å²) in [6, 6.07) is 5.43. The molecule has 5 nitrogen and oxygen atoms in total. The van der Waals surface area contributed by atoms with Crippen molar-refractivity contribution in [2.24, 2.45) is 5.92 Å². The first-order chi connectivity index (χ1) is 9.61. The van der Waals surface area contributed by atoms with E-state index in [9.17, 15) is 4.79 Å². The second-order valence-electron chi connectivity index (χ2n) is 5.32. The zero-order chi connectivity index (χ0) is 14.5. The number of nitrogens with one attached hydrogen (secondary N) is 1. The quantitative estimate of drug-likeness (QED) is 0.818. The van der Waals surface area contributed by atoms with Crippen LogP contribution < -0.4 is 16.0 Å². The van der Waals surface area contributed by atoms with Crippen molar-refractivity contribution < 1.29 is 9.53 Å². The average Bonchev–Trinajstić information content (AvgIpc) is 2.47. The molecule has 1 aromatic carbocycles. The Morgan fingerprint density at radius 1 is 1.55 bits per heavy atom. The van der Waals surface area contributed by atoms with E-state index in [1.54, 1.807) is 19.2 Å². The van der Waals surface area contributed by atoms with Gasteiger partial charge in [0.15, 0.2) is 0 Å². The molecular formula is C15H23N3O2. The molecule has 2 rings (SSSR count). The van der Waals surface area contributed by atoms with Gasteiger partial charge in [-0.05, 0) is 37.0 Å². The van der Waals surface area contributed by atoms with E-state index in [1.165, 1.54) is 6.42 Å². The van der Waals surface area contributed by atoms with Crippen LogP contribution in [0.15, 0.2) is 18.2 Å². The Labute approximate surface area is 120 Å². The molecule has 1 aromatic rings. The first-order valence-electron chi connectivity index (χ1n) is 7.02. The van der Waals surface area contributed by atoms with Gasteiger partial charge in [0.25, 0.3) is 5.91 Å². The maximum Gasteiger partial charge on any atom is 0.251 e. The number of amides is 1. The fraction of sp³-hybridized carbons (Fsp3) is 0.533. The van der Waals surface area contributed by atoms with Crippen LogP contribution in [0.25, 0.3) is 0 Å². The molecule has 1 atom stereocenters. The topological polar surface area (TPSA) is 67.6 Å². The lowest BCUT2D eigenvalue weighted by molar-refractivity contribution is 0.0576. The first-order valence-corrected chi connectivity index (χ1v) is 7.02. The van der Waals surface area contributed by atoms with Gasteiger partial charge >= 0.3 is 0 Å². The van der Waals surface area contributed by atoms with Gasteiger partial charge in [-0.25, -0.2) is 0 Å². The molecule has 1 aliphatic rings. The number of benzene rings is 1. The number of hydrogen-bond donors (Lipinski definition) is 2. The van der Waals surface area contributed by atoms with Crippen molar-refractivity contribution in [3.63, 3.8) is 0 Å². The Kier molecular flexibility index (Phi) is 4.84. The van der Waals surface area contributed by atoms with E-state index in [1.807, 2.05) is 13.1 Å². The molecule has 0 aromatic heterocycles. The maximum atomic E-state index is 11.6. The van der Waals surface area contributed by atoms with Crippen LogP contribution in [0.5, 0.6) is 0 Å². The van der Waals surface area contributed by atoms with Gasteiger partial charge in [-0.1, -0.05) is 0 Å². The molecule has 1 heterocycles. The number of nitrogens with zero attached hydrogens (tertiary/aromatic N) is 1. The molecule has 20 heavy (non-hydrogen) atoms. The Morgan fingerprint density at radius 2 is 2.35 bits per heavy atom. The van der Waals surface area contributed by atoms with E-state index in [2.05, 4.69) is 10.2 Å². The van der Waals surface area contributed by atoms with E-state index < -0.39 is 0 Å². The Bertz CT molecular complexity index is 470. The number of nitrogens with two attached hydrogens (primary N) is 1. The van der Waals surface area contributed by atoms with Crippen LogP contribution in [0.4, 0.5) is 11.4 Å². The minimum absolute atomic E-state index is 0.119. The largest absolute Gasteiger partial charge is 0.397 e. The predicted molar refractivity (Wildman–Crippen MR) is 81.1 cm³/mol. The monoisotopic (exact) mass is 277 g/mol. The van der Waals surface area contributed by atoms with E-state index in [-0.39, 0.29) is 5.91 Å². The number of anilines is 2. The van der Waals surface area contributed by atoms with E-state index in [0.717, 1.165) is 31.9 Å². The van der Waals surface area contributed by atoms with Crippen molar-refractivity contribution in [3.8, 4) is 0 Å². The third-order valence-corrected chi connectivity index (χ3v) is 3.71. The summed E-state index contributed by atoms with van der Waals surface area (Å²) in [6.07, 6.45) is 2.32. The van der Waals surface area contributed by atoms with Crippen LogP contribution in [0.1, 0.15) is 23.2 Å². The summed E-state index contributed by atoms with van der Waals surface area (Å²) in [7, 11) is 3.64. The lowest BCUT2D eigenvalue weighted by Gasteiger charge is -2.29. The average molecular weight is 277 g/mol. The predicted octanol–water partition coefficient (Wildman–Crippen LogP) is 1.49. The number of ether oxygens (including phenoxy) is 1. The van der Waals surface area contributed by atoms with Crippen molar-refractivity contribution in [2.45, 2.75) is 12.8 Å². The SMILES string of the molecule is CNC(=O)c1ccc(N(C)CC2CCCOC2)c(N)c1. The van der Waals surface area contributed by atoms with Crippen LogP contribution >= 0.6 is 0 Å². The minimum Gasteiger partial charge on any atom is -0.397 e. The number of hydrogen-bond acceptors (Lipinski definition) is 4. The third-order valence-electron chi connectivity index (χ3n) is 3.71. The van der Waals surface area contributed by atoms with Gasteiger partial charge < -0.3 is 20.7 Å². The molecule has 1 amide bonds. The highest BCUT2D eigenvalue weighted by Gasteiger charge is 2.17. The summed E-state index contributed by atoms with van der Waals surface area (Å²) in [5.74, 6) is 0.429. The van der Waals surface area contributed by atoms with Crippen LogP contribution in [0.2, 0.25) is 0 Å². The molecule has 110 valence electrons. The molecular weight excluding hydrogens is 254 g/mol. The molecule has 1 unspecified atom stereocenters. The zero-order valence-corrected chi connectivity index (χ0v) is 12.2. The summed E-state index contributed by atoms with van der Waals surface area (Å²) in [4.78, 5) is 13.7. The third kappa shape index (κ3) is 3.42. The Hall–Kier alpha value is -1.75. The Morgan fingerprint density at radius 3 is 2.95 bits per heavy atom. The van der Waals surface area contributed by atoms with Crippen molar-refractivity contribution in [3.05, 3.63) is 23.8 Å². The van der Waals surface area contributed by atoms with Crippen molar-refractivity contribution in [1.82, 2.24) is 5.32 Å². The lowest BCUT2D eigenvalue weighted by Crippen LogP contribution is -2.31. The van der Waals surface area contributed by atoms with Gasteiger partial charge in [-0.2, -0.15) is 0 Å². The van der Waals surface area contributed by atoms with Crippen LogP contribution in [0.3, 0.4) is 0 Å². The fourth-order valence-electron chi connectivity index (χ4n) is 2.62. The summed E-state index contributed by atoms with van der Waals surface area (Å²) >= 11 is 0. The normalized spacial score (nSPS) is 18.6. The van der Waals surface area contributed by atoms with Crippen molar-refractivity contribution in [1.29, 1.82) is 0 Å². The van der Waals surface area contributed by atoms with E-state index >= 15 is 0 Å². The standard InChI is InChI=1S/C15H23N3O2/c1-17-15(19)12-5-6-14(13(16)8-12)18(2)9-11-4-3-7-20-10-11/h5-6,8,11H,3-4,7,9-10,16H2,1-2H3,(H,17,19). The van der Waals surface area contributed by atoms with Gasteiger partial charge in [0.05, 0.1) is 18.0 Å². The minimum atomic E-state index is -0.119. The number of rotatable bonds is 4. The summed E-state index contributed by atoms with van der Waals surface area (Å²) in [6.45, 7) is 2.62. The second kappa shape index (κ2) is 6.61. The molecule has 0 bridgehead atoms. The molecule has 1 saturated heterocycles. The molecule has 0 aliphatic carbocycles. The molecule has 0 spiro atoms. The van der Waals surface area contributed by atoms with E-state index in [4.69, 9.17) is 10.5 Å². The van der Waals surface area contributed by atoms with Gasteiger partial charge in [-0.15, -0.1) is 0 Å². The van der Waals surface area contributed by atoms with Crippen molar-refractivity contribution in [2.75, 3.05) is 44.5 Å². The van der Waals surface area contributed by atoms with Crippen molar-refractivity contribution >= 4 is 17.3 Å². The molecule has 1 fully saturated rings. The van der Waals surface area contributed by atoms with Gasteiger partial charge in [0.1, 0.15) is 0 Å². The summed E-state index contributed by atoms with van der Waals surface area (Å²) < 4.78 is 5.50. The summed E-state index contributed by atoms with van der Waals surface area (Å²) in [5.41, 5.74) is 8.24. The van der Waals surface area contributed by atoms with Gasteiger partial charge in [0.2, 0.25) is 0 Å². The fourth-order valence-corrected chi connectivity index (χ4v) is 2.62. The molecule has 3 N–H and O–H groups in total.